The number of hydrogen-bond acceptors (Lipinski definition) is 4. The first-order valence-electron chi connectivity index (χ1n) is 11.3. The number of benzene rings is 1. The van der Waals surface area contributed by atoms with Crippen LogP contribution in [0.1, 0.15) is 55.2 Å². The first-order valence-corrected chi connectivity index (χ1v) is 12.2. The molecule has 0 spiro atoms. The van der Waals surface area contributed by atoms with E-state index in [4.69, 9.17) is 4.74 Å². The topological polar surface area (TPSA) is 49.9 Å². The standard InChI is InChI=1S/C25H32N2O3S/c1-17(2)14-24(28)27(19-8-9-19)15-25(29)26-12-10-23-20(11-13-31-23)21(26)16-30-22-7-5-4-6-18(22)3/h4-7,11,13,17,19,21H,8-10,12,14-16H2,1-3H3/t21-/m1/s1. The van der Waals surface area contributed by atoms with Crippen LogP contribution in [0.2, 0.25) is 0 Å². The van der Waals surface area contributed by atoms with Gasteiger partial charge in [0.15, 0.2) is 0 Å². The number of thiophene rings is 1. The van der Waals surface area contributed by atoms with Gasteiger partial charge >= 0.3 is 0 Å². The van der Waals surface area contributed by atoms with E-state index in [0.29, 0.717) is 25.5 Å². The molecule has 5 nitrogen and oxygen atoms in total. The van der Waals surface area contributed by atoms with Crippen LogP contribution in [0, 0.1) is 12.8 Å². The van der Waals surface area contributed by atoms with Crippen molar-refractivity contribution in [2.24, 2.45) is 5.92 Å². The van der Waals surface area contributed by atoms with E-state index in [0.717, 1.165) is 30.6 Å². The van der Waals surface area contributed by atoms with Gasteiger partial charge in [-0.05, 0) is 60.7 Å². The third kappa shape index (κ3) is 5.12. The summed E-state index contributed by atoms with van der Waals surface area (Å²) in [7, 11) is 0. The van der Waals surface area contributed by atoms with Crippen molar-refractivity contribution in [3.05, 3.63) is 51.7 Å². The lowest BCUT2D eigenvalue weighted by molar-refractivity contribution is -0.143. The fourth-order valence-electron chi connectivity index (χ4n) is 4.27. The van der Waals surface area contributed by atoms with Gasteiger partial charge in [-0.1, -0.05) is 32.0 Å². The van der Waals surface area contributed by atoms with Gasteiger partial charge in [0.1, 0.15) is 18.9 Å². The van der Waals surface area contributed by atoms with Gasteiger partial charge in [-0.3, -0.25) is 9.59 Å². The Hall–Kier alpha value is -2.34. The van der Waals surface area contributed by atoms with E-state index in [2.05, 4.69) is 11.4 Å². The largest absolute Gasteiger partial charge is 0.491 e. The van der Waals surface area contributed by atoms with Crippen molar-refractivity contribution in [2.45, 2.75) is 58.5 Å². The number of aryl methyl sites for hydroxylation is 1. The van der Waals surface area contributed by atoms with Crippen LogP contribution in [0.15, 0.2) is 35.7 Å². The SMILES string of the molecule is Cc1ccccc1OC[C@@H]1c2ccsc2CCN1C(=O)CN(C(=O)CC(C)C)C1CC1. The summed E-state index contributed by atoms with van der Waals surface area (Å²) in [6.45, 7) is 7.40. The highest BCUT2D eigenvalue weighted by molar-refractivity contribution is 7.10. The molecule has 1 aliphatic heterocycles. The van der Waals surface area contributed by atoms with E-state index in [-0.39, 0.29) is 30.4 Å². The maximum atomic E-state index is 13.4. The van der Waals surface area contributed by atoms with Crippen molar-refractivity contribution in [2.75, 3.05) is 19.7 Å². The fraction of sp³-hybridized carbons (Fsp3) is 0.520. The Labute approximate surface area is 189 Å². The molecule has 4 rings (SSSR count). The van der Waals surface area contributed by atoms with Crippen molar-refractivity contribution in [3.8, 4) is 5.75 Å². The van der Waals surface area contributed by atoms with E-state index in [1.165, 1.54) is 10.4 Å². The van der Waals surface area contributed by atoms with Crippen molar-refractivity contribution in [1.82, 2.24) is 9.80 Å². The number of carbonyl (C=O) groups excluding carboxylic acids is 2. The van der Waals surface area contributed by atoms with Crippen LogP contribution in [-0.4, -0.2) is 47.4 Å². The molecule has 1 atom stereocenters. The quantitative estimate of drug-likeness (QED) is 0.603. The first-order chi connectivity index (χ1) is 14.9. The number of carbonyl (C=O) groups is 2. The van der Waals surface area contributed by atoms with E-state index >= 15 is 0 Å². The Bertz CT molecular complexity index is 934. The Balaban J connectivity index is 1.50. The summed E-state index contributed by atoms with van der Waals surface area (Å²) in [4.78, 5) is 31.3. The highest BCUT2D eigenvalue weighted by Crippen LogP contribution is 2.35. The van der Waals surface area contributed by atoms with Crippen LogP contribution >= 0.6 is 11.3 Å². The van der Waals surface area contributed by atoms with E-state index in [9.17, 15) is 9.59 Å². The van der Waals surface area contributed by atoms with Gasteiger partial charge in [0, 0.05) is 23.9 Å². The summed E-state index contributed by atoms with van der Waals surface area (Å²) >= 11 is 1.75. The molecule has 0 bridgehead atoms. The summed E-state index contributed by atoms with van der Waals surface area (Å²) in [5.41, 5.74) is 2.27. The van der Waals surface area contributed by atoms with Crippen molar-refractivity contribution < 1.29 is 14.3 Å². The number of para-hydroxylation sites is 1. The van der Waals surface area contributed by atoms with E-state index in [1.54, 1.807) is 11.3 Å². The van der Waals surface area contributed by atoms with Gasteiger partial charge in [-0.2, -0.15) is 0 Å². The number of rotatable bonds is 8. The number of nitrogens with zero attached hydrogens (tertiary/aromatic N) is 2. The highest BCUT2D eigenvalue weighted by Gasteiger charge is 2.37. The minimum atomic E-state index is -0.122. The molecule has 0 radical (unpaired) electrons. The predicted octanol–water partition coefficient (Wildman–Crippen LogP) is 4.60. The average molecular weight is 441 g/mol. The lowest BCUT2D eigenvalue weighted by Gasteiger charge is -2.37. The number of fused-ring (bicyclic) bond motifs is 1. The van der Waals surface area contributed by atoms with Gasteiger partial charge < -0.3 is 14.5 Å². The second-order valence-electron chi connectivity index (χ2n) is 9.08. The fourth-order valence-corrected chi connectivity index (χ4v) is 5.20. The second kappa shape index (κ2) is 9.43. The summed E-state index contributed by atoms with van der Waals surface area (Å²) in [6.07, 6.45) is 3.37. The molecule has 2 heterocycles. The lowest BCUT2D eigenvalue weighted by atomic mass is 10.00. The third-order valence-corrected chi connectivity index (χ3v) is 7.10. The molecule has 6 heteroatoms. The van der Waals surface area contributed by atoms with Gasteiger partial charge in [0.2, 0.25) is 11.8 Å². The van der Waals surface area contributed by atoms with Crippen molar-refractivity contribution >= 4 is 23.2 Å². The minimum absolute atomic E-state index is 0.0271. The Morgan fingerprint density at radius 1 is 1.23 bits per heavy atom. The molecule has 2 amide bonds. The second-order valence-corrected chi connectivity index (χ2v) is 10.1. The van der Waals surface area contributed by atoms with Crippen LogP contribution in [0.3, 0.4) is 0 Å². The maximum Gasteiger partial charge on any atom is 0.242 e. The molecule has 1 fully saturated rings. The van der Waals surface area contributed by atoms with Crippen LogP contribution in [0.4, 0.5) is 0 Å². The average Bonchev–Trinajstić information content (AvgIpc) is 3.46. The third-order valence-electron chi connectivity index (χ3n) is 6.10. The van der Waals surface area contributed by atoms with Gasteiger partial charge in [-0.25, -0.2) is 0 Å². The molecule has 0 unspecified atom stereocenters. The molecule has 1 aromatic carbocycles. The van der Waals surface area contributed by atoms with Gasteiger partial charge in [-0.15, -0.1) is 11.3 Å². The summed E-state index contributed by atoms with van der Waals surface area (Å²) < 4.78 is 6.18. The Morgan fingerprint density at radius 2 is 2.00 bits per heavy atom. The first kappa shape index (κ1) is 21.9. The van der Waals surface area contributed by atoms with Crippen LogP contribution in [0.25, 0.3) is 0 Å². The zero-order valence-corrected chi connectivity index (χ0v) is 19.5. The van der Waals surface area contributed by atoms with Gasteiger partial charge in [0.25, 0.3) is 0 Å². The molecule has 2 aromatic rings. The smallest absolute Gasteiger partial charge is 0.242 e. The molecule has 1 saturated carbocycles. The van der Waals surface area contributed by atoms with E-state index in [1.807, 2.05) is 54.8 Å². The maximum absolute atomic E-state index is 13.4. The minimum Gasteiger partial charge on any atom is -0.491 e. The Morgan fingerprint density at radius 3 is 2.71 bits per heavy atom. The molecule has 2 aliphatic rings. The van der Waals surface area contributed by atoms with Crippen LogP contribution in [0.5, 0.6) is 5.75 Å². The molecule has 1 aromatic heterocycles. The molecule has 0 N–H and O–H groups in total. The molecule has 31 heavy (non-hydrogen) atoms. The van der Waals surface area contributed by atoms with E-state index < -0.39 is 0 Å². The highest BCUT2D eigenvalue weighted by atomic mass is 32.1. The summed E-state index contributed by atoms with van der Waals surface area (Å²) in [5, 5.41) is 2.10. The van der Waals surface area contributed by atoms with Crippen molar-refractivity contribution in [3.63, 3.8) is 0 Å². The zero-order chi connectivity index (χ0) is 22.0. The number of ether oxygens (including phenoxy) is 1. The molecular weight excluding hydrogens is 408 g/mol. The number of hydrogen-bond donors (Lipinski definition) is 0. The predicted molar refractivity (Wildman–Crippen MR) is 123 cm³/mol. The monoisotopic (exact) mass is 440 g/mol. The summed E-state index contributed by atoms with van der Waals surface area (Å²) in [5.74, 6) is 1.28. The van der Waals surface area contributed by atoms with Crippen molar-refractivity contribution in [1.29, 1.82) is 0 Å². The summed E-state index contributed by atoms with van der Waals surface area (Å²) in [6, 6.07) is 10.2. The normalized spacial score (nSPS) is 18.1. The molecule has 0 saturated heterocycles. The Kier molecular flexibility index (Phi) is 6.65. The lowest BCUT2D eigenvalue weighted by Crippen LogP contribution is -2.48. The van der Waals surface area contributed by atoms with Gasteiger partial charge in [0.05, 0.1) is 6.04 Å². The molecular formula is C25H32N2O3S. The molecule has 1 aliphatic carbocycles. The number of amides is 2. The van der Waals surface area contributed by atoms with Crippen LogP contribution < -0.4 is 4.74 Å². The molecule has 166 valence electrons. The zero-order valence-electron chi connectivity index (χ0n) is 18.7. The van der Waals surface area contributed by atoms with Crippen LogP contribution in [-0.2, 0) is 16.0 Å².